The van der Waals surface area contributed by atoms with Gasteiger partial charge in [0.15, 0.2) is 0 Å². The van der Waals surface area contributed by atoms with Crippen molar-refractivity contribution in [3.8, 4) is 0 Å². The Kier molecular flexibility index (Phi) is 3.77. The Morgan fingerprint density at radius 3 is 2.71 bits per heavy atom. The molecule has 1 aliphatic carbocycles. The van der Waals surface area contributed by atoms with Gasteiger partial charge in [-0.2, -0.15) is 0 Å². The minimum absolute atomic E-state index is 0.325. The monoisotopic (exact) mass is 214 g/mol. The van der Waals surface area contributed by atoms with Crippen LogP contribution >= 0.6 is 11.6 Å². The molecule has 1 unspecified atom stereocenters. The van der Waals surface area contributed by atoms with Gasteiger partial charge in [-0.05, 0) is 30.6 Å². The fraction of sp³-hybridized carbons (Fsp3) is 0.750. The molecule has 0 aromatic carbocycles. The molecule has 0 heterocycles. The summed E-state index contributed by atoms with van der Waals surface area (Å²) in [6.07, 6.45) is 4.95. The molecule has 0 amide bonds. The van der Waals surface area contributed by atoms with Crippen LogP contribution in [0.1, 0.15) is 46.5 Å². The lowest BCUT2D eigenvalue weighted by Gasteiger charge is -2.36. The predicted octanol–water partition coefficient (Wildman–Crippen LogP) is 3.91. The molecule has 0 bridgehead atoms. The molecular formula is C12H19ClO. The van der Waals surface area contributed by atoms with Gasteiger partial charge < -0.3 is 0 Å². The molecule has 0 spiro atoms. The molecule has 14 heavy (non-hydrogen) atoms. The Labute approximate surface area is 91.5 Å². The molecular weight excluding hydrogens is 196 g/mol. The smallest absolute Gasteiger partial charge is 0.147 e. The van der Waals surface area contributed by atoms with Crippen LogP contribution < -0.4 is 0 Å². The van der Waals surface area contributed by atoms with Gasteiger partial charge in [0.2, 0.25) is 0 Å². The van der Waals surface area contributed by atoms with E-state index in [2.05, 4.69) is 20.8 Å². The maximum absolute atomic E-state index is 10.8. The summed E-state index contributed by atoms with van der Waals surface area (Å²) in [5, 5.41) is 0.781. The summed E-state index contributed by atoms with van der Waals surface area (Å²) < 4.78 is 0. The summed E-state index contributed by atoms with van der Waals surface area (Å²) in [5.74, 6) is 0.607. The van der Waals surface area contributed by atoms with Crippen molar-refractivity contribution in [2.45, 2.75) is 46.5 Å². The molecule has 0 fully saturated rings. The Bertz CT molecular complexity index is 253. The van der Waals surface area contributed by atoms with Crippen molar-refractivity contribution in [1.29, 1.82) is 0 Å². The van der Waals surface area contributed by atoms with Crippen molar-refractivity contribution >= 4 is 17.9 Å². The first-order valence-corrected chi connectivity index (χ1v) is 5.71. The van der Waals surface area contributed by atoms with Crippen molar-refractivity contribution in [3.05, 3.63) is 10.6 Å². The lowest BCUT2D eigenvalue weighted by atomic mass is 9.70. The lowest BCUT2D eigenvalue weighted by molar-refractivity contribution is -0.105. The van der Waals surface area contributed by atoms with Crippen LogP contribution in [0.3, 0.4) is 0 Å². The molecule has 0 aromatic heterocycles. The highest BCUT2D eigenvalue weighted by Gasteiger charge is 2.31. The average molecular weight is 215 g/mol. The highest BCUT2D eigenvalue weighted by Crippen LogP contribution is 2.42. The maximum atomic E-state index is 10.8. The SMILES string of the molecule is CCC(C)(C)C1CCC(Cl)=C(C=O)C1. The topological polar surface area (TPSA) is 17.1 Å². The standard InChI is InChI=1S/C12H19ClO/c1-4-12(2,3)10-5-6-11(13)9(7-10)8-14/h8,10H,4-7H2,1-3H3. The van der Waals surface area contributed by atoms with E-state index in [-0.39, 0.29) is 0 Å². The van der Waals surface area contributed by atoms with E-state index in [0.717, 1.165) is 42.6 Å². The van der Waals surface area contributed by atoms with Crippen LogP contribution in [0.2, 0.25) is 0 Å². The third-order valence-corrected chi connectivity index (χ3v) is 4.12. The minimum atomic E-state index is 0.325. The van der Waals surface area contributed by atoms with Crippen molar-refractivity contribution in [3.63, 3.8) is 0 Å². The Morgan fingerprint density at radius 2 is 2.21 bits per heavy atom. The molecule has 2 heteroatoms. The van der Waals surface area contributed by atoms with Crippen molar-refractivity contribution in [2.24, 2.45) is 11.3 Å². The van der Waals surface area contributed by atoms with Crippen molar-refractivity contribution < 1.29 is 4.79 Å². The molecule has 0 aromatic rings. The van der Waals surface area contributed by atoms with Gasteiger partial charge in [-0.25, -0.2) is 0 Å². The molecule has 0 N–H and O–H groups in total. The molecule has 80 valence electrons. The van der Waals surface area contributed by atoms with E-state index in [9.17, 15) is 4.79 Å². The zero-order valence-electron chi connectivity index (χ0n) is 9.27. The van der Waals surface area contributed by atoms with Gasteiger partial charge in [0, 0.05) is 10.6 Å². The van der Waals surface area contributed by atoms with Crippen LogP contribution in [0.5, 0.6) is 0 Å². The highest BCUT2D eigenvalue weighted by molar-refractivity contribution is 6.31. The van der Waals surface area contributed by atoms with Crippen LogP contribution in [-0.2, 0) is 4.79 Å². The first kappa shape index (κ1) is 11.8. The summed E-state index contributed by atoms with van der Waals surface area (Å²) in [5.41, 5.74) is 1.15. The quantitative estimate of drug-likeness (QED) is 0.651. The fourth-order valence-electron chi connectivity index (χ4n) is 2.01. The summed E-state index contributed by atoms with van der Waals surface area (Å²) in [6, 6.07) is 0. The Hall–Kier alpha value is -0.300. The average Bonchev–Trinajstić information content (AvgIpc) is 2.18. The molecule has 0 saturated carbocycles. The molecule has 1 rings (SSSR count). The number of hydrogen-bond acceptors (Lipinski definition) is 1. The van der Waals surface area contributed by atoms with E-state index < -0.39 is 0 Å². The second-order valence-corrected chi connectivity index (χ2v) is 5.29. The van der Waals surface area contributed by atoms with Crippen molar-refractivity contribution in [1.82, 2.24) is 0 Å². The number of hydrogen-bond donors (Lipinski definition) is 0. The third-order valence-electron chi connectivity index (χ3n) is 3.69. The van der Waals surface area contributed by atoms with Gasteiger partial charge >= 0.3 is 0 Å². The second kappa shape index (κ2) is 4.48. The molecule has 1 aliphatic rings. The number of allylic oxidation sites excluding steroid dienone is 2. The van der Waals surface area contributed by atoms with E-state index in [1.165, 1.54) is 0 Å². The van der Waals surface area contributed by atoms with Gasteiger partial charge in [-0.1, -0.05) is 38.8 Å². The lowest BCUT2D eigenvalue weighted by Crippen LogP contribution is -2.26. The zero-order chi connectivity index (χ0) is 10.8. The van der Waals surface area contributed by atoms with Crippen LogP contribution in [0, 0.1) is 11.3 Å². The van der Waals surface area contributed by atoms with Crippen molar-refractivity contribution in [2.75, 3.05) is 0 Å². The summed E-state index contributed by atoms with van der Waals surface area (Å²) in [4.78, 5) is 10.8. The Balaban J connectivity index is 2.76. The minimum Gasteiger partial charge on any atom is -0.298 e. The molecule has 0 saturated heterocycles. The first-order chi connectivity index (χ1) is 6.51. The van der Waals surface area contributed by atoms with Crippen LogP contribution in [0.15, 0.2) is 10.6 Å². The van der Waals surface area contributed by atoms with E-state index in [1.807, 2.05) is 0 Å². The Morgan fingerprint density at radius 1 is 1.57 bits per heavy atom. The molecule has 0 aliphatic heterocycles. The van der Waals surface area contributed by atoms with E-state index in [1.54, 1.807) is 0 Å². The van der Waals surface area contributed by atoms with Crippen LogP contribution in [-0.4, -0.2) is 6.29 Å². The predicted molar refractivity (Wildman–Crippen MR) is 60.4 cm³/mol. The zero-order valence-corrected chi connectivity index (χ0v) is 10.0. The molecule has 0 radical (unpaired) electrons. The van der Waals surface area contributed by atoms with Crippen LogP contribution in [0.4, 0.5) is 0 Å². The number of rotatable bonds is 3. The maximum Gasteiger partial charge on any atom is 0.147 e. The fourth-order valence-corrected chi connectivity index (χ4v) is 2.24. The van der Waals surface area contributed by atoms with Crippen LogP contribution in [0.25, 0.3) is 0 Å². The molecule has 1 nitrogen and oxygen atoms in total. The summed E-state index contributed by atoms with van der Waals surface area (Å²) in [6.45, 7) is 6.76. The molecule has 1 atom stereocenters. The first-order valence-electron chi connectivity index (χ1n) is 5.34. The van der Waals surface area contributed by atoms with Gasteiger partial charge in [0.1, 0.15) is 6.29 Å². The largest absolute Gasteiger partial charge is 0.298 e. The normalized spacial score (nSPS) is 23.9. The number of carbonyl (C=O) groups is 1. The van der Waals surface area contributed by atoms with Gasteiger partial charge in [-0.3, -0.25) is 4.79 Å². The number of aldehydes is 1. The summed E-state index contributed by atoms with van der Waals surface area (Å²) in [7, 11) is 0. The van der Waals surface area contributed by atoms with Gasteiger partial charge in [0.25, 0.3) is 0 Å². The van der Waals surface area contributed by atoms with E-state index in [4.69, 9.17) is 11.6 Å². The van der Waals surface area contributed by atoms with Gasteiger partial charge in [-0.15, -0.1) is 0 Å². The summed E-state index contributed by atoms with van der Waals surface area (Å²) >= 11 is 5.99. The van der Waals surface area contributed by atoms with E-state index >= 15 is 0 Å². The third kappa shape index (κ3) is 2.38. The van der Waals surface area contributed by atoms with E-state index in [0.29, 0.717) is 11.3 Å². The number of carbonyl (C=O) groups excluding carboxylic acids is 1. The highest BCUT2D eigenvalue weighted by atomic mass is 35.5. The number of halogens is 1. The van der Waals surface area contributed by atoms with Gasteiger partial charge in [0.05, 0.1) is 0 Å². The second-order valence-electron chi connectivity index (χ2n) is 4.83.